The Morgan fingerprint density at radius 1 is 0.923 bits per heavy atom. The van der Waals surface area contributed by atoms with Crippen molar-refractivity contribution in [2.45, 2.75) is 38.6 Å². The molecule has 0 aliphatic carbocycles. The van der Waals surface area contributed by atoms with Gasteiger partial charge in [-0.1, -0.05) is 44.2 Å². The SMILES string of the molecule is CC(C)(N)C(C)(C)c1ccccc1. The van der Waals surface area contributed by atoms with Crippen molar-refractivity contribution in [2.24, 2.45) is 5.73 Å². The molecule has 0 amide bonds. The lowest BCUT2D eigenvalue weighted by molar-refractivity contribution is 0.306. The van der Waals surface area contributed by atoms with Crippen molar-refractivity contribution in [1.82, 2.24) is 0 Å². The molecule has 2 N–H and O–H groups in total. The van der Waals surface area contributed by atoms with Gasteiger partial charge < -0.3 is 5.73 Å². The van der Waals surface area contributed by atoms with E-state index in [4.69, 9.17) is 5.73 Å². The zero-order chi connectivity index (χ0) is 10.1. The summed E-state index contributed by atoms with van der Waals surface area (Å²) in [5.41, 5.74) is 7.25. The molecule has 0 aliphatic rings. The fraction of sp³-hybridized carbons (Fsp3) is 0.500. The molecule has 13 heavy (non-hydrogen) atoms. The molecule has 0 radical (unpaired) electrons. The van der Waals surface area contributed by atoms with Crippen LogP contribution in [0.2, 0.25) is 0 Å². The first kappa shape index (κ1) is 10.3. The summed E-state index contributed by atoms with van der Waals surface area (Å²) in [6.07, 6.45) is 0. The van der Waals surface area contributed by atoms with Crippen LogP contribution in [0.5, 0.6) is 0 Å². The minimum absolute atomic E-state index is 0.00819. The van der Waals surface area contributed by atoms with E-state index in [1.807, 2.05) is 6.07 Å². The van der Waals surface area contributed by atoms with Crippen molar-refractivity contribution in [3.63, 3.8) is 0 Å². The predicted molar refractivity (Wildman–Crippen MR) is 57.7 cm³/mol. The lowest BCUT2D eigenvalue weighted by Gasteiger charge is -2.39. The molecule has 0 bridgehead atoms. The van der Waals surface area contributed by atoms with E-state index in [1.54, 1.807) is 0 Å². The molecule has 0 heterocycles. The zero-order valence-corrected chi connectivity index (χ0v) is 8.96. The molecule has 1 rings (SSSR count). The number of hydrogen-bond donors (Lipinski definition) is 1. The highest BCUT2D eigenvalue weighted by atomic mass is 14.7. The summed E-state index contributed by atoms with van der Waals surface area (Å²) in [6, 6.07) is 10.4. The molecular formula is C12H19N. The fourth-order valence-corrected chi connectivity index (χ4v) is 1.23. The average molecular weight is 177 g/mol. The highest BCUT2D eigenvalue weighted by molar-refractivity contribution is 5.27. The van der Waals surface area contributed by atoms with Crippen LogP contribution in [0.1, 0.15) is 33.3 Å². The highest BCUT2D eigenvalue weighted by Gasteiger charge is 2.34. The largest absolute Gasteiger partial charge is 0.325 e. The van der Waals surface area contributed by atoms with Crippen LogP contribution in [-0.2, 0) is 5.41 Å². The molecule has 0 aliphatic heterocycles. The topological polar surface area (TPSA) is 26.0 Å². The summed E-state index contributed by atoms with van der Waals surface area (Å²) in [5, 5.41) is 0. The summed E-state index contributed by atoms with van der Waals surface area (Å²) >= 11 is 0. The van der Waals surface area contributed by atoms with E-state index in [0.29, 0.717) is 0 Å². The molecule has 72 valence electrons. The van der Waals surface area contributed by atoms with Gasteiger partial charge in [-0.15, -0.1) is 0 Å². The normalized spacial score (nSPS) is 13.0. The quantitative estimate of drug-likeness (QED) is 0.738. The third-order valence-electron chi connectivity index (χ3n) is 3.11. The van der Waals surface area contributed by atoms with Crippen molar-refractivity contribution >= 4 is 0 Å². The summed E-state index contributed by atoms with van der Waals surface area (Å²) in [5.74, 6) is 0. The van der Waals surface area contributed by atoms with Gasteiger partial charge in [0.2, 0.25) is 0 Å². The number of hydrogen-bond acceptors (Lipinski definition) is 1. The van der Waals surface area contributed by atoms with Gasteiger partial charge in [0.25, 0.3) is 0 Å². The van der Waals surface area contributed by atoms with Gasteiger partial charge in [0.15, 0.2) is 0 Å². The van der Waals surface area contributed by atoms with E-state index in [9.17, 15) is 0 Å². The van der Waals surface area contributed by atoms with Gasteiger partial charge >= 0.3 is 0 Å². The summed E-state index contributed by atoms with van der Waals surface area (Å²) < 4.78 is 0. The lowest BCUT2D eigenvalue weighted by atomic mass is 9.70. The molecule has 1 heteroatoms. The van der Waals surface area contributed by atoms with E-state index >= 15 is 0 Å². The van der Waals surface area contributed by atoms with Gasteiger partial charge in [0, 0.05) is 11.0 Å². The number of benzene rings is 1. The monoisotopic (exact) mass is 177 g/mol. The zero-order valence-electron chi connectivity index (χ0n) is 8.96. The van der Waals surface area contributed by atoms with Gasteiger partial charge in [0.1, 0.15) is 0 Å². The second-order valence-corrected chi connectivity index (χ2v) is 4.71. The molecular weight excluding hydrogens is 158 g/mol. The molecule has 0 saturated heterocycles. The van der Waals surface area contributed by atoms with Crippen LogP contribution in [0, 0.1) is 0 Å². The maximum Gasteiger partial charge on any atom is 0.0189 e. The second-order valence-electron chi connectivity index (χ2n) is 4.71. The van der Waals surface area contributed by atoms with Crippen LogP contribution in [0.4, 0.5) is 0 Å². The summed E-state index contributed by atoms with van der Waals surface area (Å²) in [4.78, 5) is 0. The first-order chi connectivity index (χ1) is 5.86. The van der Waals surface area contributed by atoms with E-state index in [2.05, 4.69) is 52.0 Å². The van der Waals surface area contributed by atoms with Crippen molar-refractivity contribution < 1.29 is 0 Å². The first-order valence-electron chi connectivity index (χ1n) is 4.70. The van der Waals surface area contributed by atoms with E-state index in [0.717, 1.165) is 0 Å². The van der Waals surface area contributed by atoms with E-state index in [-0.39, 0.29) is 11.0 Å². The Hall–Kier alpha value is -0.820. The van der Waals surface area contributed by atoms with Gasteiger partial charge in [-0.25, -0.2) is 0 Å². The van der Waals surface area contributed by atoms with Crippen LogP contribution in [0.15, 0.2) is 30.3 Å². The lowest BCUT2D eigenvalue weighted by Crippen LogP contribution is -2.50. The molecule has 0 unspecified atom stereocenters. The van der Waals surface area contributed by atoms with Crippen molar-refractivity contribution in [1.29, 1.82) is 0 Å². The molecule has 0 atom stereocenters. The van der Waals surface area contributed by atoms with E-state index < -0.39 is 0 Å². The van der Waals surface area contributed by atoms with Crippen LogP contribution in [-0.4, -0.2) is 5.54 Å². The molecule has 0 fully saturated rings. The molecule has 1 aromatic rings. The molecule has 1 aromatic carbocycles. The van der Waals surface area contributed by atoms with Crippen LogP contribution in [0.25, 0.3) is 0 Å². The van der Waals surface area contributed by atoms with Crippen molar-refractivity contribution in [2.75, 3.05) is 0 Å². The smallest absolute Gasteiger partial charge is 0.0189 e. The Labute approximate surface area is 81.0 Å². The van der Waals surface area contributed by atoms with E-state index in [1.165, 1.54) is 5.56 Å². The van der Waals surface area contributed by atoms with Gasteiger partial charge in [-0.2, -0.15) is 0 Å². The van der Waals surface area contributed by atoms with Crippen molar-refractivity contribution in [3.8, 4) is 0 Å². The molecule has 1 nitrogen and oxygen atoms in total. The minimum Gasteiger partial charge on any atom is -0.325 e. The number of nitrogens with two attached hydrogens (primary N) is 1. The van der Waals surface area contributed by atoms with Crippen LogP contribution in [0.3, 0.4) is 0 Å². The highest BCUT2D eigenvalue weighted by Crippen LogP contribution is 2.32. The fourth-order valence-electron chi connectivity index (χ4n) is 1.23. The standard InChI is InChI=1S/C12H19N/c1-11(2,12(3,4)13)10-8-6-5-7-9-10/h5-9H,13H2,1-4H3. The Morgan fingerprint density at radius 3 is 1.77 bits per heavy atom. The number of rotatable bonds is 2. The second kappa shape index (κ2) is 3.15. The van der Waals surface area contributed by atoms with Gasteiger partial charge in [-0.3, -0.25) is 0 Å². The van der Waals surface area contributed by atoms with Gasteiger partial charge in [-0.05, 0) is 19.4 Å². The van der Waals surface area contributed by atoms with Crippen LogP contribution < -0.4 is 5.73 Å². The van der Waals surface area contributed by atoms with Crippen LogP contribution >= 0.6 is 0 Å². The third kappa shape index (κ3) is 1.92. The summed E-state index contributed by atoms with van der Waals surface area (Å²) in [6.45, 7) is 8.50. The van der Waals surface area contributed by atoms with Gasteiger partial charge in [0.05, 0.1) is 0 Å². The Kier molecular flexibility index (Phi) is 2.49. The Balaban J connectivity index is 3.08. The Morgan fingerprint density at radius 2 is 1.38 bits per heavy atom. The van der Waals surface area contributed by atoms with Crippen molar-refractivity contribution in [3.05, 3.63) is 35.9 Å². The maximum atomic E-state index is 6.15. The molecule has 0 aromatic heterocycles. The Bertz CT molecular complexity index is 267. The maximum absolute atomic E-state index is 6.15. The summed E-state index contributed by atoms with van der Waals surface area (Å²) in [7, 11) is 0. The minimum atomic E-state index is -0.200. The molecule has 0 spiro atoms. The molecule has 0 saturated carbocycles. The first-order valence-corrected chi connectivity index (χ1v) is 4.70. The predicted octanol–water partition coefficient (Wildman–Crippen LogP) is 2.70. The average Bonchev–Trinajstić information content (AvgIpc) is 2.04. The third-order valence-corrected chi connectivity index (χ3v) is 3.11.